The van der Waals surface area contributed by atoms with Crippen molar-refractivity contribution in [3.05, 3.63) is 48.0 Å². The number of aryl methyl sites for hydroxylation is 1. The minimum Gasteiger partial charge on any atom is -0.496 e. The van der Waals surface area contributed by atoms with Gasteiger partial charge in [-0.3, -0.25) is 0 Å². The van der Waals surface area contributed by atoms with E-state index in [1.807, 2.05) is 30.3 Å². The summed E-state index contributed by atoms with van der Waals surface area (Å²) < 4.78 is 16.1. The molecule has 4 nitrogen and oxygen atoms in total. The molecule has 4 heteroatoms. The molecule has 0 saturated carbocycles. The average Bonchev–Trinajstić information content (AvgIpc) is 2.51. The lowest BCUT2D eigenvalue weighted by atomic mass is 10.2. The Bertz CT molecular complexity index is 562. The lowest BCUT2D eigenvalue weighted by molar-refractivity contribution is 0.324. The number of nitrogens with one attached hydrogen (secondary N) is 1. The van der Waals surface area contributed by atoms with Gasteiger partial charge in [-0.1, -0.05) is 12.1 Å². The zero-order chi connectivity index (χ0) is 15.1. The quantitative estimate of drug-likeness (QED) is 0.791. The molecule has 0 heterocycles. The Hall–Kier alpha value is -2.36. The summed E-state index contributed by atoms with van der Waals surface area (Å²) >= 11 is 0. The van der Waals surface area contributed by atoms with Crippen LogP contribution in [0.1, 0.15) is 5.56 Å². The summed E-state index contributed by atoms with van der Waals surface area (Å²) in [6.45, 7) is 3.36. The summed E-state index contributed by atoms with van der Waals surface area (Å²) in [7, 11) is 3.25. The summed E-state index contributed by atoms with van der Waals surface area (Å²) in [6.07, 6.45) is 0. The molecule has 0 aliphatic carbocycles. The fourth-order valence-electron chi connectivity index (χ4n) is 1.98. The first-order valence-electron chi connectivity index (χ1n) is 6.87. The molecule has 0 aromatic heterocycles. The van der Waals surface area contributed by atoms with Crippen LogP contribution in [0.5, 0.6) is 17.2 Å². The number of benzene rings is 2. The Morgan fingerprint density at radius 3 is 2.19 bits per heavy atom. The van der Waals surface area contributed by atoms with Gasteiger partial charge in [0.2, 0.25) is 0 Å². The topological polar surface area (TPSA) is 39.7 Å². The standard InChI is InChI=1S/C17H21NO3/c1-13-5-4-6-14(9-13)18-7-8-21-17-11-15(19-2)10-16(12-17)20-3/h4-6,9-12,18H,7-8H2,1-3H3. The molecule has 2 aromatic rings. The molecule has 0 amide bonds. The average molecular weight is 287 g/mol. The maximum Gasteiger partial charge on any atom is 0.126 e. The van der Waals surface area contributed by atoms with E-state index in [2.05, 4.69) is 24.4 Å². The molecule has 0 bridgehead atoms. The molecule has 21 heavy (non-hydrogen) atoms. The largest absolute Gasteiger partial charge is 0.496 e. The Morgan fingerprint density at radius 2 is 1.57 bits per heavy atom. The van der Waals surface area contributed by atoms with Gasteiger partial charge in [0.1, 0.15) is 23.9 Å². The Morgan fingerprint density at radius 1 is 0.905 bits per heavy atom. The number of rotatable bonds is 7. The van der Waals surface area contributed by atoms with Gasteiger partial charge in [-0.15, -0.1) is 0 Å². The van der Waals surface area contributed by atoms with Crippen LogP contribution in [-0.4, -0.2) is 27.4 Å². The van der Waals surface area contributed by atoms with Crippen LogP contribution >= 0.6 is 0 Å². The van der Waals surface area contributed by atoms with Gasteiger partial charge < -0.3 is 19.5 Å². The molecule has 0 aliphatic heterocycles. The lowest BCUT2D eigenvalue weighted by Crippen LogP contribution is -2.11. The normalized spacial score (nSPS) is 10.0. The zero-order valence-electron chi connectivity index (χ0n) is 12.7. The first-order chi connectivity index (χ1) is 10.2. The molecule has 1 N–H and O–H groups in total. The van der Waals surface area contributed by atoms with E-state index >= 15 is 0 Å². The van der Waals surface area contributed by atoms with Crippen LogP contribution in [0.3, 0.4) is 0 Å². The highest BCUT2D eigenvalue weighted by Crippen LogP contribution is 2.27. The third-order valence-corrected chi connectivity index (χ3v) is 3.04. The second kappa shape index (κ2) is 7.43. The highest BCUT2D eigenvalue weighted by Gasteiger charge is 2.02. The van der Waals surface area contributed by atoms with E-state index in [-0.39, 0.29) is 0 Å². The van der Waals surface area contributed by atoms with Crippen molar-refractivity contribution in [1.82, 2.24) is 0 Å². The van der Waals surface area contributed by atoms with Crippen LogP contribution in [-0.2, 0) is 0 Å². The first-order valence-corrected chi connectivity index (χ1v) is 6.87. The van der Waals surface area contributed by atoms with Gasteiger partial charge in [0, 0.05) is 30.4 Å². The monoisotopic (exact) mass is 287 g/mol. The van der Waals surface area contributed by atoms with Gasteiger partial charge >= 0.3 is 0 Å². The van der Waals surface area contributed by atoms with E-state index in [1.165, 1.54) is 5.56 Å². The van der Waals surface area contributed by atoms with Crippen molar-refractivity contribution in [2.24, 2.45) is 0 Å². The number of anilines is 1. The van der Waals surface area contributed by atoms with Gasteiger partial charge in [0.15, 0.2) is 0 Å². The molecule has 0 fully saturated rings. The van der Waals surface area contributed by atoms with Crippen molar-refractivity contribution >= 4 is 5.69 Å². The summed E-state index contributed by atoms with van der Waals surface area (Å²) in [5, 5.41) is 3.33. The van der Waals surface area contributed by atoms with Crippen molar-refractivity contribution < 1.29 is 14.2 Å². The van der Waals surface area contributed by atoms with Gasteiger partial charge in [-0.05, 0) is 24.6 Å². The first kappa shape index (κ1) is 15.0. The molecule has 0 aliphatic rings. The van der Waals surface area contributed by atoms with Crippen LogP contribution < -0.4 is 19.5 Å². The van der Waals surface area contributed by atoms with E-state index in [0.29, 0.717) is 6.61 Å². The van der Waals surface area contributed by atoms with E-state index < -0.39 is 0 Å². The second-order valence-corrected chi connectivity index (χ2v) is 4.69. The molecule has 0 saturated heterocycles. The Labute approximate surface area is 125 Å². The Kier molecular flexibility index (Phi) is 5.32. The Balaban J connectivity index is 1.85. The third-order valence-electron chi connectivity index (χ3n) is 3.04. The molecule has 0 atom stereocenters. The lowest BCUT2D eigenvalue weighted by Gasteiger charge is -2.11. The third kappa shape index (κ3) is 4.60. The van der Waals surface area contributed by atoms with E-state index in [4.69, 9.17) is 14.2 Å². The predicted molar refractivity (Wildman–Crippen MR) is 84.7 cm³/mol. The molecule has 0 radical (unpaired) electrons. The predicted octanol–water partition coefficient (Wildman–Crippen LogP) is 3.50. The fraction of sp³-hybridized carbons (Fsp3) is 0.294. The van der Waals surface area contributed by atoms with Crippen LogP contribution in [0, 0.1) is 6.92 Å². The molecule has 2 aromatic carbocycles. The minimum absolute atomic E-state index is 0.560. The maximum atomic E-state index is 5.72. The number of hydrogen-bond donors (Lipinski definition) is 1. The molecular weight excluding hydrogens is 266 g/mol. The molecule has 2 rings (SSSR count). The minimum atomic E-state index is 0.560. The van der Waals surface area contributed by atoms with Gasteiger partial charge in [0.25, 0.3) is 0 Å². The SMILES string of the molecule is COc1cc(OC)cc(OCCNc2cccc(C)c2)c1. The van der Waals surface area contributed by atoms with Crippen LogP contribution in [0.2, 0.25) is 0 Å². The van der Waals surface area contributed by atoms with E-state index in [9.17, 15) is 0 Å². The highest BCUT2D eigenvalue weighted by atomic mass is 16.5. The van der Waals surface area contributed by atoms with Crippen LogP contribution in [0.25, 0.3) is 0 Å². The number of methoxy groups -OCH3 is 2. The van der Waals surface area contributed by atoms with Crippen molar-refractivity contribution in [2.45, 2.75) is 6.92 Å². The number of ether oxygens (including phenoxy) is 3. The van der Waals surface area contributed by atoms with Crippen molar-refractivity contribution in [2.75, 3.05) is 32.7 Å². The zero-order valence-corrected chi connectivity index (χ0v) is 12.7. The fourth-order valence-corrected chi connectivity index (χ4v) is 1.98. The van der Waals surface area contributed by atoms with Crippen molar-refractivity contribution in [3.63, 3.8) is 0 Å². The molecule has 0 spiro atoms. The summed E-state index contributed by atoms with van der Waals surface area (Å²) in [6, 6.07) is 13.8. The van der Waals surface area contributed by atoms with Gasteiger partial charge in [-0.2, -0.15) is 0 Å². The number of hydrogen-bond acceptors (Lipinski definition) is 4. The summed E-state index contributed by atoms with van der Waals surface area (Å²) in [4.78, 5) is 0. The van der Waals surface area contributed by atoms with E-state index in [1.54, 1.807) is 14.2 Å². The van der Waals surface area contributed by atoms with Crippen LogP contribution in [0.4, 0.5) is 5.69 Å². The highest BCUT2D eigenvalue weighted by molar-refractivity contribution is 5.45. The van der Waals surface area contributed by atoms with Crippen molar-refractivity contribution in [1.29, 1.82) is 0 Å². The maximum absolute atomic E-state index is 5.72. The smallest absolute Gasteiger partial charge is 0.126 e. The van der Waals surface area contributed by atoms with Gasteiger partial charge in [-0.25, -0.2) is 0 Å². The molecule has 112 valence electrons. The van der Waals surface area contributed by atoms with E-state index in [0.717, 1.165) is 29.5 Å². The second-order valence-electron chi connectivity index (χ2n) is 4.69. The summed E-state index contributed by atoms with van der Waals surface area (Å²) in [5.74, 6) is 2.17. The van der Waals surface area contributed by atoms with Gasteiger partial charge in [0.05, 0.1) is 14.2 Å². The molecule has 0 unspecified atom stereocenters. The summed E-state index contributed by atoms with van der Waals surface area (Å²) in [5.41, 5.74) is 2.33. The van der Waals surface area contributed by atoms with Crippen molar-refractivity contribution in [3.8, 4) is 17.2 Å². The molecular formula is C17H21NO3. The van der Waals surface area contributed by atoms with Crippen LogP contribution in [0.15, 0.2) is 42.5 Å².